The van der Waals surface area contributed by atoms with Gasteiger partial charge in [0, 0.05) is 17.8 Å². The molecule has 0 aromatic heterocycles. The molecule has 324 valence electrons. The molecule has 0 spiro atoms. The Kier molecular flexibility index (Phi) is 17.7. The quantitative estimate of drug-likeness (QED) is 0.148. The minimum atomic E-state index is -0.670. The third-order valence-electron chi connectivity index (χ3n) is 11.9. The monoisotopic (exact) mass is 807 g/mol. The first kappa shape index (κ1) is 46.3. The van der Waals surface area contributed by atoms with E-state index in [0.29, 0.717) is 37.1 Å². The first-order valence-corrected chi connectivity index (χ1v) is 22.1. The lowest BCUT2D eigenvalue weighted by atomic mass is 9.94. The second-order valence-electron chi connectivity index (χ2n) is 17.6. The van der Waals surface area contributed by atoms with E-state index in [1.807, 2.05) is 70.2 Å². The zero-order valence-electron chi connectivity index (χ0n) is 36.9. The summed E-state index contributed by atoms with van der Waals surface area (Å²) in [6.45, 7) is 15.7. The van der Waals surface area contributed by atoms with Crippen molar-refractivity contribution in [3.05, 3.63) is 84.0 Å². The van der Waals surface area contributed by atoms with Gasteiger partial charge in [0.05, 0.1) is 58.0 Å². The smallest absolute Gasteiger partial charge is 0.163 e. The number of hydrogen-bond acceptors (Lipinski definition) is 9. The highest BCUT2D eigenvalue weighted by atomic mass is 16.8. The normalized spacial score (nSPS) is 30.1. The molecule has 4 fully saturated rings. The van der Waals surface area contributed by atoms with Crippen molar-refractivity contribution in [1.82, 2.24) is 0 Å². The maximum absolute atomic E-state index is 10.7. The van der Waals surface area contributed by atoms with E-state index in [1.165, 1.54) is 18.4 Å². The number of aliphatic hydroxyl groups excluding tert-OH is 1. The molecule has 1 N–H and O–H groups in total. The van der Waals surface area contributed by atoms with E-state index in [9.17, 15) is 5.11 Å². The second-order valence-corrected chi connectivity index (χ2v) is 17.6. The van der Waals surface area contributed by atoms with Gasteiger partial charge in [-0.15, -0.1) is 0 Å². The van der Waals surface area contributed by atoms with Crippen molar-refractivity contribution >= 4 is 0 Å². The van der Waals surface area contributed by atoms with Gasteiger partial charge in [0.2, 0.25) is 0 Å². The van der Waals surface area contributed by atoms with Gasteiger partial charge in [0.25, 0.3) is 0 Å². The van der Waals surface area contributed by atoms with Crippen LogP contribution in [0.4, 0.5) is 0 Å². The molecular formula is C49H74O9. The fraction of sp³-hybridized carbons (Fsp3) is 0.673. The predicted octanol–water partition coefficient (Wildman–Crippen LogP) is 10.5. The van der Waals surface area contributed by atoms with Gasteiger partial charge in [-0.2, -0.15) is 0 Å². The summed E-state index contributed by atoms with van der Waals surface area (Å²) >= 11 is 0. The molecule has 2 aliphatic heterocycles. The van der Waals surface area contributed by atoms with E-state index in [-0.39, 0.29) is 30.5 Å². The van der Waals surface area contributed by atoms with Crippen molar-refractivity contribution in [2.45, 2.75) is 180 Å². The minimum Gasteiger partial charge on any atom is -0.497 e. The number of benzene rings is 2. The molecule has 58 heavy (non-hydrogen) atoms. The van der Waals surface area contributed by atoms with E-state index in [1.54, 1.807) is 14.2 Å². The molecule has 6 unspecified atom stereocenters. The third kappa shape index (κ3) is 13.6. The number of methoxy groups -OCH3 is 2. The molecule has 9 nitrogen and oxygen atoms in total. The van der Waals surface area contributed by atoms with E-state index < -0.39 is 17.7 Å². The first-order chi connectivity index (χ1) is 27.8. The Morgan fingerprint density at radius 2 is 1.07 bits per heavy atom. The van der Waals surface area contributed by atoms with E-state index in [4.69, 9.17) is 37.9 Å². The molecule has 2 saturated carbocycles. The van der Waals surface area contributed by atoms with Crippen molar-refractivity contribution in [2.75, 3.05) is 14.2 Å². The Bertz CT molecular complexity index is 1420. The molecule has 2 aliphatic carbocycles. The summed E-state index contributed by atoms with van der Waals surface area (Å²) in [4.78, 5) is 0. The second kappa shape index (κ2) is 22.2. The van der Waals surface area contributed by atoms with Gasteiger partial charge >= 0.3 is 0 Å². The topological polar surface area (TPSA) is 94.1 Å². The zero-order valence-corrected chi connectivity index (χ0v) is 36.9. The van der Waals surface area contributed by atoms with Gasteiger partial charge in [0.1, 0.15) is 23.7 Å². The molecule has 2 saturated heterocycles. The van der Waals surface area contributed by atoms with Crippen molar-refractivity contribution in [3.8, 4) is 11.5 Å². The van der Waals surface area contributed by atoms with Gasteiger partial charge in [-0.3, -0.25) is 0 Å². The molecule has 2 aromatic carbocycles. The van der Waals surface area contributed by atoms with Crippen molar-refractivity contribution in [1.29, 1.82) is 0 Å². The van der Waals surface area contributed by atoms with Crippen LogP contribution in [0.3, 0.4) is 0 Å². The average molecular weight is 807 g/mol. The predicted molar refractivity (Wildman–Crippen MR) is 229 cm³/mol. The van der Waals surface area contributed by atoms with Crippen LogP contribution in [0.5, 0.6) is 11.5 Å². The Labute approximate surface area is 349 Å². The zero-order chi connectivity index (χ0) is 41.7. The van der Waals surface area contributed by atoms with Crippen molar-refractivity contribution in [3.63, 3.8) is 0 Å². The van der Waals surface area contributed by atoms with Gasteiger partial charge in [0.15, 0.2) is 11.6 Å². The molecule has 0 bridgehead atoms. The van der Waals surface area contributed by atoms with E-state index in [0.717, 1.165) is 68.4 Å². The summed E-state index contributed by atoms with van der Waals surface area (Å²) in [5, 5.41) is 10.7. The Morgan fingerprint density at radius 3 is 1.52 bits per heavy atom. The molecule has 9 heteroatoms. The van der Waals surface area contributed by atoms with Crippen LogP contribution in [0.1, 0.15) is 124 Å². The van der Waals surface area contributed by atoms with Crippen molar-refractivity contribution < 1.29 is 43.0 Å². The van der Waals surface area contributed by atoms with Crippen molar-refractivity contribution in [2.24, 2.45) is 17.8 Å². The lowest BCUT2D eigenvalue weighted by Crippen LogP contribution is -2.34. The highest BCUT2D eigenvalue weighted by Gasteiger charge is 2.44. The maximum atomic E-state index is 10.7. The SMILES string of the molecule is CCCC1OC(C)(C)OC1C(C)/C=C\[C@H]1CCC[C@@H]1OCc1ccc(OC)cc1.CCCC1OC(C)(C)OC1C(O)/C=C\[C@H]1CCC[C@@H]1OCc1ccc(OC)cc1. The number of rotatable bonds is 18. The molecule has 6 rings (SSSR count). The fourth-order valence-electron chi connectivity index (χ4n) is 8.88. The maximum Gasteiger partial charge on any atom is 0.163 e. The molecular weight excluding hydrogens is 733 g/mol. The summed E-state index contributed by atoms with van der Waals surface area (Å²) in [6, 6.07) is 16.1. The molecule has 10 atom stereocenters. The molecule has 2 heterocycles. The van der Waals surface area contributed by atoms with Crippen LogP contribution in [-0.4, -0.2) is 73.6 Å². The third-order valence-corrected chi connectivity index (χ3v) is 11.9. The van der Waals surface area contributed by atoms with Crippen LogP contribution in [0, 0.1) is 17.8 Å². The summed E-state index contributed by atoms with van der Waals surface area (Å²) in [7, 11) is 3.36. The van der Waals surface area contributed by atoms with E-state index in [2.05, 4.69) is 51.1 Å². The standard InChI is InChI=1S/C25H38O4.C24H36O5/c1-6-8-23-24(29-25(3,4)28-23)18(2)11-14-20-9-7-10-22(20)27-17-19-12-15-21(26-5)16-13-19;1-5-7-22-23(29-24(2,3)28-22)20(25)15-12-18-8-6-9-21(18)27-16-17-10-13-19(26-4)14-11-17/h11-16,18,20,22-24H,6-10,17H2,1-5H3;10-15,18,20-23,25H,5-9,16H2,1-4H3/b14-11-;15-12-/t18?,20-,22+,23?,24?;18-,20?,21+,22?,23?/m11/s1. The highest BCUT2D eigenvalue weighted by molar-refractivity contribution is 5.27. The van der Waals surface area contributed by atoms with Crippen LogP contribution >= 0.6 is 0 Å². The van der Waals surface area contributed by atoms with Crippen LogP contribution in [0.2, 0.25) is 0 Å². The number of ether oxygens (including phenoxy) is 8. The van der Waals surface area contributed by atoms with Gasteiger partial charge in [-0.1, -0.05) is 95.0 Å². The minimum absolute atomic E-state index is 0.0691. The summed E-state index contributed by atoms with van der Waals surface area (Å²) in [6.07, 6.45) is 19.3. The number of aliphatic hydroxyl groups is 1. The van der Waals surface area contributed by atoms with Crippen LogP contribution in [-0.2, 0) is 41.6 Å². The fourth-order valence-corrected chi connectivity index (χ4v) is 8.88. The van der Waals surface area contributed by atoms with Gasteiger partial charge in [-0.25, -0.2) is 0 Å². The van der Waals surface area contributed by atoms with Gasteiger partial charge < -0.3 is 43.0 Å². The van der Waals surface area contributed by atoms with E-state index >= 15 is 0 Å². The summed E-state index contributed by atoms with van der Waals surface area (Å²) in [5.41, 5.74) is 2.33. The lowest BCUT2D eigenvalue weighted by Gasteiger charge is -2.22. The summed E-state index contributed by atoms with van der Waals surface area (Å²) < 4.78 is 47.2. The molecule has 2 aromatic rings. The largest absolute Gasteiger partial charge is 0.497 e. The Morgan fingerprint density at radius 1 is 0.638 bits per heavy atom. The Hall–Kier alpha value is -2.76. The molecule has 0 radical (unpaired) electrons. The Balaban J connectivity index is 0.000000221. The molecule has 0 amide bonds. The highest BCUT2D eigenvalue weighted by Crippen LogP contribution is 2.37. The first-order valence-electron chi connectivity index (χ1n) is 22.1. The van der Waals surface area contributed by atoms with Crippen LogP contribution in [0.15, 0.2) is 72.8 Å². The van der Waals surface area contributed by atoms with Crippen LogP contribution in [0.25, 0.3) is 0 Å². The van der Waals surface area contributed by atoms with Crippen LogP contribution < -0.4 is 9.47 Å². The lowest BCUT2D eigenvalue weighted by molar-refractivity contribution is -0.153. The average Bonchev–Trinajstić information content (AvgIpc) is 4.00. The summed E-state index contributed by atoms with van der Waals surface area (Å²) in [5.74, 6) is 1.74. The number of hydrogen-bond donors (Lipinski definition) is 1. The molecule has 4 aliphatic rings. The van der Waals surface area contributed by atoms with Gasteiger partial charge in [-0.05, 0) is 102 Å².